The minimum atomic E-state index is -0.205. The van der Waals surface area contributed by atoms with Gasteiger partial charge in [0.1, 0.15) is 0 Å². The molecule has 88 valence electrons. The minimum Gasteiger partial charge on any atom is -0.396 e. The Morgan fingerprint density at radius 2 is 2.19 bits per heavy atom. The summed E-state index contributed by atoms with van der Waals surface area (Å²) in [5.41, 5.74) is 6.63. The van der Waals surface area contributed by atoms with Gasteiger partial charge in [-0.05, 0) is 37.8 Å². The Kier molecular flexibility index (Phi) is 3.29. The molecule has 0 aliphatic carbocycles. The quantitative estimate of drug-likeness (QED) is 0.789. The van der Waals surface area contributed by atoms with Crippen molar-refractivity contribution in [3.63, 3.8) is 0 Å². The SMILES string of the molecule is C[C@@H](O)C1CCN(c2ncccc2N)CC1. The number of aliphatic hydroxyl groups is 1. The molecule has 3 N–H and O–H groups in total. The van der Waals surface area contributed by atoms with Crippen molar-refractivity contribution in [2.75, 3.05) is 23.7 Å². The summed E-state index contributed by atoms with van der Waals surface area (Å²) in [6.07, 6.45) is 3.58. The van der Waals surface area contributed by atoms with E-state index in [1.807, 2.05) is 19.1 Å². The third-order valence-corrected chi connectivity index (χ3v) is 3.34. The van der Waals surface area contributed by atoms with Gasteiger partial charge in [-0.25, -0.2) is 4.98 Å². The molecule has 1 aromatic rings. The molecular weight excluding hydrogens is 202 g/mol. The summed E-state index contributed by atoms with van der Waals surface area (Å²) in [6, 6.07) is 3.73. The van der Waals surface area contributed by atoms with E-state index in [0.29, 0.717) is 5.92 Å². The van der Waals surface area contributed by atoms with Gasteiger partial charge < -0.3 is 15.7 Å². The highest BCUT2D eigenvalue weighted by Crippen LogP contribution is 2.26. The smallest absolute Gasteiger partial charge is 0.151 e. The van der Waals surface area contributed by atoms with Gasteiger partial charge in [0.15, 0.2) is 5.82 Å². The van der Waals surface area contributed by atoms with E-state index in [0.717, 1.165) is 37.4 Å². The van der Waals surface area contributed by atoms with Crippen molar-refractivity contribution < 1.29 is 5.11 Å². The summed E-state index contributed by atoms with van der Waals surface area (Å²) in [5.74, 6) is 1.30. The van der Waals surface area contributed by atoms with Gasteiger partial charge in [-0.2, -0.15) is 0 Å². The van der Waals surface area contributed by atoms with Crippen LogP contribution in [0.25, 0.3) is 0 Å². The molecule has 16 heavy (non-hydrogen) atoms. The standard InChI is InChI=1S/C12H19N3O/c1-9(16)10-4-7-15(8-5-10)12-11(13)3-2-6-14-12/h2-3,6,9-10,16H,4-5,7-8,13H2,1H3/t9-/m1/s1. The number of pyridine rings is 1. The molecule has 2 heterocycles. The van der Waals surface area contributed by atoms with Crippen molar-refractivity contribution in [1.82, 2.24) is 4.98 Å². The number of anilines is 2. The molecule has 0 unspecified atom stereocenters. The third kappa shape index (κ3) is 2.27. The van der Waals surface area contributed by atoms with Gasteiger partial charge in [-0.15, -0.1) is 0 Å². The van der Waals surface area contributed by atoms with Crippen LogP contribution >= 0.6 is 0 Å². The molecule has 4 nitrogen and oxygen atoms in total. The fraction of sp³-hybridized carbons (Fsp3) is 0.583. The lowest BCUT2D eigenvalue weighted by Gasteiger charge is -2.34. The van der Waals surface area contributed by atoms with Gasteiger partial charge in [0, 0.05) is 19.3 Å². The number of nitrogens with two attached hydrogens (primary N) is 1. The Labute approximate surface area is 96.1 Å². The van der Waals surface area contributed by atoms with Crippen LogP contribution < -0.4 is 10.6 Å². The molecule has 1 fully saturated rings. The Morgan fingerprint density at radius 1 is 1.50 bits per heavy atom. The molecule has 0 amide bonds. The Hall–Kier alpha value is -1.29. The first-order valence-corrected chi connectivity index (χ1v) is 5.82. The summed E-state index contributed by atoms with van der Waals surface area (Å²) in [5, 5.41) is 9.53. The fourth-order valence-electron chi connectivity index (χ4n) is 2.27. The number of nitrogens with zero attached hydrogens (tertiary/aromatic N) is 2. The zero-order valence-electron chi connectivity index (χ0n) is 9.63. The van der Waals surface area contributed by atoms with E-state index in [1.165, 1.54) is 0 Å². The van der Waals surface area contributed by atoms with Crippen LogP contribution in [0.15, 0.2) is 18.3 Å². The average molecular weight is 221 g/mol. The van der Waals surface area contributed by atoms with Crippen LogP contribution in [0.4, 0.5) is 11.5 Å². The van der Waals surface area contributed by atoms with Gasteiger partial charge >= 0.3 is 0 Å². The molecule has 0 radical (unpaired) electrons. The van der Waals surface area contributed by atoms with Gasteiger partial charge in [0.2, 0.25) is 0 Å². The van der Waals surface area contributed by atoms with E-state index in [2.05, 4.69) is 9.88 Å². The van der Waals surface area contributed by atoms with Gasteiger partial charge in [-0.1, -0.05) is 0 Å². The van der Waals surface area contributed by atoms with Crippen molar-refractivity contribution in [2.45, 2.75) is 25.9 Å². The normalized spacial score (nSPS) is 19.8. The molecule has 0 aromatic carbocycles. The maximum Gasteiger partial charge on any atom is 0.151 e. The highest BCUT2D eigenvalue weighted by atomic mass is 16.3. The van der Waals surface area contributed by atoms with Crippen LogP contribution in [0.5, 0.6) is 0 Å². The van der Waals surface area contributed by atoms with Gasteiger partial charge in [-0.3, -0.25) is 0 Å². The second-order valence-corrected chi connectivity index (χ2v) is 4.48. The highest BCUT2D eigenvalue weighted by molar-refractivity contribution is 5.62. The lowest BCUT2D eigenvalue weighted by molar-refractivity contribution is 0.110. The second kappa shape index (κ2) is 4.70. The van der Waals surface area contributed by atoms with Crippen molar-refractivity contribution in [2.24, 2.45) is 5.92 Å². The molecule has 1 aliphatic heterocycles. The van der Waals surface area contributed by atoms with Gasteiger partial charge in [0.05, 0.1) is 11.8 Å². The molecule has 0 saturated carbocycles. The van der Waals surface area contributed by atoms with E-state index in [9.17, 15) is 5.11 Å². The summed E-state index contributed by atoms with van der Waals surface area (Å²) >= 11 is 0. The van der Waals surface area contributed by atoms with Crippen LogP contribution in [0.3, 0.4) is 0 Å². The zero-order chi connectivity index (χ0) is 11.5. The van der Waals surface area contributed by atoms with Crippen molar-refractivity contribution in [1.29, 1.82) is 0 Å². The molecule has 0 spiro atoms. The van der Waals surface area contributed by atoms with Gasteiger partial charge in [0.25, 0.3) is 0 Å². The molecule has 1 aliphatic rings. The van der Waals surface area contributed by atoms with Crippen LogP contribution in [0, 0.1) is 5.92 Å². The first kappa shape index (κ1) is 11.2. The summed E-state index contributed by atoms with van der Waals surface area (Å²) in [7, 11) is 0. The van der Waals surface area contributed by atoms with Crippen molar-refractivity contribution >= 4 is 11.5 Å². The Morgan fingerprint density at radius 3 is 2.75 bits per heavy atom. The number of hydrogen-bond donors (Lipinski definition) is 2. The highest BCUT2D eigenvalue weighted by Gasteiger charge is 2.23. The van der Waals surface area contributed by atoms with E-state index in [4.69, 9.17) is 5.73 Å². The number of rotatable bonds is 2. The lowest BCUT2D eigenvalue weighted by atomic mass is 9.92. The third-order valence-electron chi connectivity index (χ3n) is 3.34. The summed E-state index contributed by atoms with van der Waals surface area (Å²) < 4.78 is 0. The Bertz CT molecular complexity index is 346. The van der Waals surface area contributed by atoms with Crippen molar-refractivity contribution in [3.8, 4) is 0 Å². The topological polar surface area (TPSA) is 62.4 Å². The minimum absolute atomic E-state index is 0.205. The second-order valence-electron chi connectivity index (χ2n) is 4.48. The van der Waals surface area contributed by atoms with Crippen LogP contribution in [-0.4, -0.2) is 29.3 Å². The monoisotopic (exact) mass is 221 g/mol. The van der Waals surface area contributed by atoms with Crippen molar-refractivity contribution in [3.05, 3.63) is 18.3 Å². The maximum absolute atomic E-state index is 9.53. The predicted octanol–water partition coefficient (Wildman–Crippen LogP) is 1.26. The predicted molar refractivity (Wildman–Crippen MR) is 65.3 cm³/mol. The molecule has 4 heteroatoms. The van der Waals surface area contributed by atoms with Crippen LogP contribution in [-0.2, 0) is 0 Å². The van der Waals surface area contributed by atoms with E-state index >= 15 is 0 Å². The first-order chi connectivity index (χ1) is 7.68. The number of piperidine rings is 1. The molecule has 1 atom stereocenters. The number of hydrogen-bond acceptors (Lipinski definition) is 4. The molecular formula is C12H19N3O. The molecule has 1 aromatic heterocycles. The Balaban J connectivity index is 2.02. The fourth-order valence-corrected chi connectivity index (χ4v) is 2.27. The van der Waals surface area contributed by atoms with Crippen LogP contribution in [0.1, 0.15) is 19.8 Å². The van der Waals surface area contributed by atoms with Crippen LogP contribution in [0.2, 0.25) is 0 Å². The molecule has 0 bridgehead atoms. The number of nitrogen functional groups attached to an aromatic ring is 1. The van der Waals surface area contributed by atoms with E-state index < -0.39 is 0 Å². The lowest BCUT2D eigenvalue weighted by Crippen LogP contribution is -2.37. The first-order valence-electron chi connectivity index (χ1n) is 5.82. The summed E-state index contributed by atoms with van der Waals surface area (Å²) in [4.78, 5) is 6.51. The van der Waals surface area contributed by atoms with E-state index in [-0.39, 0.29) is 6.10 Å². The molecule has 2 rings (SSSR count). The number of aliphatic hydroxyl groups excluding tert-OH is 1. The maximum atomic E-state index is 9.53. The zero-order valence-corrected chi connectivity index (χ0v) is 9.63. The van der Waals surface area contributed by atoms with E-state index in [1.54, 1.807) is 6.20 Å². The molecule has 1 saturated heterocycles. The largest absolute Gasteiger partial charge is 0.396 e. The number of aromatic nitrogens is 1. The average Bonchev–Trinajstić information content (AvgIpc) is 2.30. The summed E-state index contributed by atoms with van der Waals surface area (Å²) in [6.45, 7) is 3.73.